The second-order valence-electron chi connectivity index (χ2n) is 4.07. The maximum absolute atomic E-state index is 11.3. The number of esters is 1. The van der Waals surface area contributed by atoms with Crippen molar-refractivity contribution in [3.8, 4) is 0 Å². The fraction of sp³-hybridized carbons (Fsp3) is 0.800. The number of ketones is 1. The van der Waals surface area contributed by atoms with Crippen LogP contribution in [0, 0.1) is 5.41 Å². The van der Waals surface area contributed by atoms with E-state index in [0.717, 1.165) is 12.8 Å². The molecule has 0 heterocycles. The van der Waals surface area contributed by atoms with Gasteiger partial charge in [0, 0.05) is 5.41 Å². The summed E-state index contributed by atoms with van der Waals surface area (Å²) in [6, 6.07) is 0. The largest absolute Gasteiger partial charge is 0.460 e. The van der Waals surface area contributed by atoms with E-state index in [4.69, 9.17) is 4.74 Å². The number of carbonyl (C=O) groups is 2. The number of Topliss-reactive ketones (excluding diaryl/α,β-unsaturated/α-hetero) is 1. The van der Waals surface area contributed by atoms with Gasteiger partial charge in [-0.05, 0) is 6.42 Å². The van der Waals surface area contributed by atoms with Crippen molar-refractivity contribution in [1.29, 1.82) is 0 Å². The van der Waals surface area contributed by atoms with E-state index in [1.54, 1.807) is 20.8 Å². The van der Waals surface area contributed by atoms with E-state index in [-0.39, 0.29) is 0 Å². The molecule has 0 aliphatic heterocycles. The van der Waals surface area contributed by atoms with Crippen molar-refractivity contribution >= 4 is 11.8 Å². The van der Waals surface area contributed by atoms with E-state index in [0.29, 0.717) is 6.61 Å². The van der Waals surface area contributed by atoms with Crippen molar-refractivity contribution in [3.05, 3.63) is 0 Å². The average molecular weight is 186 g/mol. The summed E-state index contributed by atoms with van der Waals surface area (Å²) in [7, 11) is 0. The quantitative estimate of drug-likeness (QED) is 0.383. The molecule has 0 bridgehead atoms. The minimum atomic E-state index is -0.707. The minimum absolute atomic E-state index is 0.344. The Morgan fingerprint density at radius 1 is 1.23 bits per heavy atom. The highest BCUT2D eigenvalue weighted by molar-refractivity contribution is 6.35. The lowest BCUT2D eigenvalue weighted by atomic mass is 9.91. The summed E-state index contributed by atoms with van der Waals surface area (Å²) in [5, 5.41) is 0. The van der Waals surface area contributed by atoms with Gasteiger partial charge in [0.25, 0.3) is 0 Å². The molecule has 0 aliphatic carbocycles. The van der Waals surface area contributed by atoms with E-state index in [1.807, 2.05) is 6.92 Å². The van der Waals surface area contributed by atoms with Crippen LogP contribution >= 0.6 is 0 Å². The topological polar surface area (TPSA) is 43.4 Å². The van der Waals surface area contributed by atoms with Crippen molar-refractivity contribution in [2.45, 2.75) is 40.5 Å². The van der Waals surface area contributed by atoms with Crippen molar-refractivity contribution in [3.63, 3.8) is 0 Å². The van der Waals surface area contributed by atoms with Gasteiger partial charge >= 0.3 is 5.97 Å². The van der Waals surface area contributed by atoms with Crippen LogP contribution in [-0.2, 0) is 14.3 Å². The van der Waals surface area contributed by atoms with Gasteiger partial charge in [-0.2, -0.15) is 0 Å². The van der Waals surface area contributed by atoms with E-state index in [9.17, 15) is 9.59 Å². The molecule has 0 saturated carbocycles. The molecule has 0 fully saturated rings. The zero-order chi connectivity index (χ0) is 10.5. The number of rotatable bonds is 4. The summed E-state index contributed by atoms with van der Waals surface area (Å²) in [5.74, 6) is -1.16. The van der Waals surface area contributed by atoms with Crippen molar-refractivity contribution in [1.82, 2.24) is 0 Å². The number of carbonyl (C=O) groups excluding carboxylic acids is 2. The first kappa shape index (κ1) is 12.1. The molecule has 0 N–H and O–H groups in total. The third-order valence-electron chi connectivity index (χ3n) is 1.60. The molecule has 0 aromatic rings. The number of ether oxygens (including phenoxy) is 1. The van der Waals surface area contributed by atoms with Crippen LogP contribution in [0.15, 0.2) is 0 Å². The van der Waals surface area contributed by atoms with Crippen LogP contribution in [0.4, 0.5) is 0 Å². The first-order valence-corrected chi connectivity index (χ1v) is 4.61. The molecule has 0 atom stereocenters. The van der Waals surface area contributed by atoms with Gasteiger partial charge < -0.3 is 4.74 Å². The van der Waals surface area contributed by atoms with E-state index in [2.05, 4.69) is 0 Å². The Balaban J connectivity index is 3.92. The molecule has 0 aromatic heterocycles. The third-order valence-corrected chi connectivity index (χ3v) is 1.60. The van der Waals surface area contributed by atoms with Crippen LogP contribution in [0.5, 0.6) is 0 Å². The molecule has 13 heavy (non-hydrogen) atoms. The monoisotopic (exact) mass is 186 g/mol. The highest BCUT2D eigenvalue weighted by atomic mass is 16.5. The van der Waals surface area contributed by atoms with Gasteiger partial charge in [-0.1, -0.05) is 34.1 Å². The van der Waals surface area contributed by atoms with Crippen LogP contribution in [0.2, 0.25) is 0 Å². The molecule has 3 nitrogen and oxygen atoms in total. The SMILES string of the molecule is CCCCOC(=O)C(=O)C(C)(C)C. The van der Waals surface area contributed by atoms with Crippen LogP contribution in [-0.4, -0.2) is 18.4 Å². The molecule has 0 aromatic carbocycles. The van der Waals surface area contributed by atoms with E-state index < -0.39 is 17.2 Å². The second kappa shape index (κ2) is 5.00. The predicted octanol–water partition coefficient (Wildman–Crippen LogP) is 1.94. The van der Waals surface area contributed by atoms with Crippen LogP contribution < -0.4 is 0 Å². The standard InChI is InChI=1S/C10H18O3/c1-5-6-7-13-9(12)8(11)10(2,3)4/h5-7H2,1-4H3. The molecule has 0 amide bonds. The Hall–Kier alpha value is -0.860. The van der Waals surface area contributed by atoms with E-state index in [1.165, 1.54) is 0 Å². The molecule has 0 unspecified atom stereocenters. The van der Waals surface area contributed by atoms with Gasteiger partial charge in [0.2, 0.25) is 5.78 Å². The van der Waals surface area contributed by atoms with Gasteiger partial charge in [-0.15, -0.1) is 0 Å². The first-order chi connectivity index (χ1) is 5.89. The smallest absolute Gasteiger partial charge is 0.375 e. The molecular formula is C10H18O3. The lowest BCUT2D eigenvalue weighted by Gasteiger charge is -2.14. The highest BCUT2D eigenvalue weighted by Gasteiger charge is 2.29. The number of hydrogen-bond donors (Lipinski definition) is 0. The number of unbranched alkanes of at least 4 members (excludes halogenated alkanes) is 1. The summed E-state index contributed by atoms with van der Waals surface area (Å²) < 4.78 is 4.78. The third kappa shape index (κ3) is 4.65. The van der Waals surface area contributed by atoms with Gasteiger partial charge in [-0.25, -0.2) is 4.79 Å². The summed E-state index contributed by atoms with van der Waals surface area (Å²) in [6.45, 7) is 7.46. The maximum atomic E-state index is 11.3. The van der Waals surface area contributed by atoms with Crippen molar-refractivity contribution in [2.24, 2.45) is 5.41 Å². The Bertz CT molecular complexity index is 189. The Labute approximate surface area is 79.5 Å². The Morgan fingerprint density at radius 3 is 2.15 bits per heavy atom. The van der Waals surface area contributed by atoms with Crippen LogP contribution in [0.25, 0.3) is 0 Å². The molecule has 0 spiro atoms. The summed E-state index contributed by atoms with van der Waals surface area (Å²) >= 11 is 0. The van der Waals surface area contributed by atoms with Crippen molar-refractivity contribution < 1.29 is 14.3 Å². The van der Waals surface area contributed by atoms with Gasteiger partial charge in [0.1, 0.15) is 0 Å². The molecule has 3 heteroatoms. The first-order valence-electron chi connectivity index (χ1n) is 4.61. The molecular weight excluding hydrogens is 168 g/mol. The average Bonchev–Trinajstić information content (AvgIpc) is 2.01. The van der Waals surface area contributed by atoms with Crippen LogP contribution in [0.1, 0.15) is 40.5 Å². The molecule has 0 radical (unpaired) electrons. The maximum Gasteiger partial charge on any atom is 0.375 e. The predicted molar refractivity (Wildman–Crippen MR) is 50.3 cm³/mol. The minimum Gasteiger partial charge on any atom is -0.460 e. The fourth-order valence-corrected chi connectivity index (χ4v) is 0.681. The normalized spacial score (nSPS) is 11.1. The summed E-state index contributed by atoms with van der Waals surface area (Å²) in [6.07, 6.45) is 1.76. The van der Waals surface area contributed by atoms with Gasteiger partial charge in [0.05, 0.1) is 6.61 Å². The Kier molecular flexibility index (Phi) is 4.67. The highest BCUT2D eigenvalue weighted by Crippen LogP contribution is 2.15. The van der Waals surface area contributed by atoms with Gasteiger partial charge in [-0.3, -0.25) is 4.79 Å². The zero-order valence-electron chi connectivity index (χ0n) is 8.85. The van der Waals surface area contributed by atoms with Crippen LogP contribution in [0.3, 0.4) is 0 Å². The molecule has 0 aliphatic rings. The fourth-order valence-electron chi connectivity index (χ4n) is 0.681. The van der Waals surface area contributed by atoms with E-state index >= 15 is 0 Å². The Morgan fingerprint density at radius 2 is 1.77 bits per heavy atom. The molecule has 0 rings (SSSR count). The molecule has 0 saturated heterocycles. The van der Waals surface area contributed by atoms with Gasteiger partial charge in [0.15, 0.2) is 0 Å². The molecule has 76 valence electrons. The zero-order valence-corrected chi connectivity index (χ0v) is 8.85. The number of hydrogen-bond acceptors (Lipinski definition) is 3. The summed E-state index contributed by atoms with van der Waals surface area (Å²) in [4.78, 5) is 22.4. The van der Waals surface area contributed by atoms with Crippen molar-refractivity contribution in [2.75, 3.05) is 6.61 Å². The summed E-state index contributed by atoms with van der Waals surface area (Å²) in [5.41, 5.74) is -0.636. The second-order valence-corrected chi connectivity index (χ2v) is 4.07. The lowest BCUT2D eigenvalue weighted by Crippen LogP contribution is -2.30. The lowest BCUT2D eigenvalue weighted by molar-refractivity contribution is -0.157.